The van der Waals surface area contributed by atoms with Crippen molar-refractivity contribution in [3.05, 3.63) is 64.9 Å². The molecule has 3 aromatic heterocycles. The van der Waals surface area contributed by atoms with Crippen molar-refractivity contribution in [2.75, 3.05) is 26.9 Å². The summed E-state index contributed by atoms with van der Waals surface area (Å²) in [5.41, 5.74) is -0.0178. The first-order chi connectivity index (χ1) is 18.5. The first kappa shape index (κ1) is 27.8. The van der Waals surface area contributed by atoms with Gasteiger partial charge in [-0.3, -0.25) is 10.4 Å². The number of ether oxygens (including phenoxy) is 1. The number of nitrogens with one attached hydrogen (secondary N) is 4. The molecule has 0 atom stereocenters. The van der Waals surface area contributed by atoms with Crippen LogP contribution in [0.2, 0.25) is 5.02 Å². The zero-order valence-electron chi connectivity index (χ0n) is 20.3. The predicted molar refractivity (Wildman–Crippen MR) is 144 cm³/mol. The largest absolute Gasteiger partial charge is 0.477 e. The van der Waals surface area contributed by atoms with Crippen LogP contribution in [0, 0.1) is 6.92 Å². The average molecular weight is 580 g/mol. The molecule has 3 heterocycles. The lowest BCUT2D eigenvalue weighted by Crippen LogP contribution is -2.27. The zero-order chi connectivity index (χ0) is 28.2. The van der Waals surface area contributed by atoms with Gasteiger partial charge in [-0.25, -0.2) is 19.1 Å². The molecule has 4 rings (SSSR count). The van der Waals surface area contributed by atoms with Gasteiger partial charge in [0.15, 0.2) is 0 Å². The first-order valence-corrected chi connectivity index (χ1v) is 12.0. The summed E-state index contributed by atoms with van der Waals surface area (Å²) < 4.78 is 45.5. The van der Waals surface area contributed by atoms with Crippen molar-refractivity contribution in [1.29, 1.82) is 0 Å². The number of benzene rings is 1. The fourth-order valence-corrected chi connectivity index (χ4v) is 3.63. The van der Waals surface area contributed by atoms with E-state index in [4.69, 9.17) is 16.3 Å². The number of alkyl halides is 3. The van der Waals surface area contributed by atoms with E-state index in [-0.39, 0.29) is 17.5 Å². The number of hydrogen-bond donors (Lipinski definition) is 5. The number of aryl methyl sites for hydroxylation is 1. The van der Waals surface area contributed by atoms with Gasteiger partial charge in [0.1, 0.15) is 17.5 Å². The smallest absolute Gasteiger partial charge is 0.417 e. The van der Waals surface area contributed by atoms with E-state index in [0.717, 1.165) is 12.1 Å². The van der Waals surface area contributed by atoms with Crippen molar-refractivity contribution in [3.8, 4) is 5.88 Å². The van der Waals surface area contributed by atoms with E-state index in [1.807, 2.05) is 6.92 Å². The highest BCUT2D eigenvalue weighted by Gasteiger charge is 2.34. The van der Waals surface area contributed by atoms with Gasteiger partial charge in [0.25, 0.3) is 0 Å². The summed E-state index contributed by atoms with van der Waals surface area (Å²) in [4.78, 5) is 25.4. The number of urea groups is 1. The van der Waals surface area contributed by atoms with Crippen LogP contribution in [0.15, 0.2) is 48.7 Å². The highest BCUT2D eigenvalue weighted by Crippen LogP contribution is 2.37. The molecule has 204 valence electrons. The average Bonchev–Trinajstić information content (AvgIpc) is 3.31. The van der Waals surface area contributed by atoms with Crippen LogP contribution in [0.5, 0.6) is 5.88 Å². The standard InChI is InChI=1S/C23H21ClF3N9O2S/c1-3-38-20-10-19(34-35-20)31-18-8-12(2)29-21(32-18)30-13-4-7-17(28-11-13)33-22(37)36(39)14-5-6-16(24)15(9-14)23(25,26)27/h4-11,39H,3H2,1-2H3,(H,28,33,37)(H3,29,30,31,32,34,35). The van der Waals surface area contributed by atoms with Gasteiger partial charge in [0.05, 0.1) is 34.8 Å². The van der Waals surface area contributed by atoms with Crippen molar-refractivity contribution < 1.29 is 22.7 Å². The number of carbonyl (C=O) groups excluding carboxylic acids is 1. The van der Waals surface area contributed by atoms with E-state index in [0.29, 0.717) is 39.8 Å². The van der Waals surface area contributed by atoms with Crippen LogP contribution < -0.4 is 25.0 Å². The molecule has 16 heteroatoms. The second-order valence-electron chi connectivity index (χ2n) is 7.86. The van der Waals surface area contributed by atoms with Crippen LogP contribution in [0.3, 0.4) is 0 Å². The molecular formula is C23H21ClF3N9O2S. The molecule has 0 aliphatic heterocycles. The second kappa shape index (κ2) is 11.7. The lowest BCUT2D eigenvalue weighted by atomic mass is 10.2. The Morgan fingerprint density at radius 1 is 1.13 bits per heavy atom. The van der Waals surface area contributed by atoms with Crippen LogP contribution >= 0.6 is 24.4 Å². The van der Waals surface area contributed by atoms with E-state index in [1.54, 1.807) is 25.1 Å². The number of hydrogen-bond acceptors (Lipinski definition) is 9. The van der Waals surface area contributed by atoms with E-state index < -0.39 is 22.8 Å². The number of aromatic nitrogens is 5. The Kier molecular flexibility index (Phi) is 8.30. The first-order valence-electron chi connectivity index (χ1n) is 11.2. The third-order valence-corrected chi connectivity index (χ3v) is 5.65. The van der Waals surface area contributed by atoms with Gasteiger partial charge in [0, 0.05) is 17.8 Å². The Morgan fingerprint density at radius 2 is 1.92 bits per heavy atom. The SMILES string of the molecule is CCOc1cc(Nc2cc(C)nc(Nc3ccc(NC(=O)N(S)c4ccc(Cl)c(C(F)(F)F)c4)nc3)n2)[nH]n1. The third kappa shape index (κ3) is 7.20. The maximum absolute atomic E-state index is 13.1. The van der Waals surface area contributed by atoms with Crippen LogP contribution in [-0.2, 0) is 6.18 Å². The molecular weight excluding hydrogens is 559 g/mol. The van der Waals surface area contributed by atoms with Gasteiger partial charge in [-0.1, -0.05) is 24.4 Å². The number of nitrogens with zero attached hydrogens (tertiary/aromatic N) is 5. The summed E-state index contributed by atoms with van der Waals surface area (Å²) in [6, 6.07) is 8.70. The van der Waals surface area contributed by atoms with Crippen LogP contribution in [0.25, 0.3) is 0 Å². The summed E-state index contributed by atoms with van der Waals surface area (Å²) in [6.07, 6.45) is -3.27. The van der Waals surface area contributed by atoms with E-state index >= 15 is 0 Å². The summed E-state index contributed by atoms with van der Waals surface area (Å²) in [5.74, 6) is 1.94. The number of anilines is 6. The highest BCUT2D eigenvalue weighted by atomic mass is 35.5. The molecule has 0 aliphatic rings. The Hall–Kier alpha value is -4.24. The van der Waals surface area contributed by atoms with Gasteiger partial charge in [-0.15, -0.1) is 5.10 Å². The number of H-pyrrole nitrogens is 1. The van der Waals surface area contributed by atoms with E-state index in [9.17, 15) is 18.0 Å². The molecule has 0 aliphatic carbocycles. The molecule has 0 radical (unpaired) electrons. The molecule has 1 aromatic carbocycles. The minimum absolute atomic E-state index is 0.129. The fraction of sp³-hybridized carbons (Fsp3) is 0.174. The van der Waals surface area contributed by atoms with Crippen LogP contribution in [0.1, 0.15) is 18.2 Å². The van der Waals surface area contributed by atoms with Crippen LogP contribution in [-0.4, -0.2) is 37.8 Å². The van der Waals surface area contributed by atoms with Crippen molar-refractivity contribution in [2.45, 2.75) is 20.0 Å². The molecule has 11 nitrogen and oxygen atoms in total. The number of carbonyl (C=O) groups is 1. The minimum Gasteiger partial charge on any atom is -0.477 e. The molecule has 0 saturated carbocycles. The number of amides is 2. The molecule has 39 heavy (non-hydrogen) atoms. The molecule has 0 saturated heterocycles. The molecule has 0 fully saturated rings. The zero-order valence-corrected chi connectivity index (χ0v) is 22.0. The van der Waals surface area contributed by atoms with E-state index in [2.05, 4.69) is 53.9 Å². The monoisotopic (exact) mass is 579 g/mol. The van der Waals surface area contributed by atoms with Gasteiger partial charge < -0.3 is 15.4 Å². The second-order valence-corrected chi connectivity index (χ2v) is 8.66. The maximum atomic E-state index is 13.1. The van der Waals surface area contributed by atoms with Crippen molar-refractivity contribution in [2.24, 2.45) is 0 Å². The molecule has 4 N–H and O–H groups in total. The van der Waals surface area contributed by atoms with Gasteiger partial charge in [-0.05, 0) is 44.2 Å². The summed E-state index contributed by atoms with van der Waals surface area (Å²) in [6.45, 7) is 4.14. The number of rotatable bonds is 8. The topological polar surface area (TPSA) is 133 Å². The van der Waals surface area contributed by atoms with Gasteiger partial charge in [0.2, 0.25) is 11.8 Å². The highest BCUT2D eigenvalue weighted by molar-refractivity contribution is 7.82. The lowest BCUT2D eigenvalue weighted by Gasteiger charge is -2.18. The normalized spacial score (nSPS) is 11.2. The van der Waals surface area contributed by atoms with Gasteiger partial charge >= 0.3 is 12.2 Å². The third-order valence-electron chi connectivity index (χ3n) is 4.91. The Balaban J connectivity index is 1.40. The van der Waals surface area contributed by atoms with Crippen molar-refractivity contribution in [1.82, 2.24) is 25.1 Å². The van der Waals surface area contributed by atoms with Crippen molar-refractivity contribution in [3.63, 3.8) is 0 Å². The molecule has 0 bridgehead atoms. The number of aromatic amines is 1. The Morgan fingerprint density at radius 3 is 2.62 bits per heavy atom. The summed E-state index contributed by atoms with van der Waals surface area (Å²) >= 11 is 9.64. The summed E-state index contributed by atoms with van der Waals surface area (Å²) in [5, 5.41) is 14.9. The molecule has 0 spiro atoms. The fourth-order valence-electron chi connectivity index (χ4n) is 3.23. The van der Waals surface area contributed by atoms with Crippen molar-refractivity contribution >= 4 is 65.2 Å². The lowest BCUT2D eigenvalue weighted by molar-refractivity contribution is -0.137. The van der Waals surface area contributed by atoms with E-state index in [1.165, 1.54) is 18.3 Å². The quantitative estimate of drug-likeness (QED) is 0.153. The van der Waals surface area contributed by atoms with Crippen LogP contribution in [0.4, 0.5) is 52.7 Å². The maximum Gasteiger partial charge on any atom is 0.417 e. The number of thiol groups is 1. The number of halogens is 4. The Bertz CT molecular complexity index is 1470. The number of pyridine rings is 1. The molecule has 0 unspecified atom stereocenters. The molecule has 4 aromatic rings. The van der Waals surface area contributed by atoms with Gasteiger partial charge in [-0.2, -0.15) is 18.2 Å². The summed E-state index contributed by atoms with van der Waals surface area (Å²) in [7, 11) is 0. The minimum atomic E-state index is -4.69. The predicted octanol–water partition coefficient (Wildman–Crippen LogP) is 6.34. The Labute approximate surface area is 230 Å². The molecule has 2 amide bonds.